The summed E-state index contributed by atoms with van der Waals surface area (Å²) in [5.74, 6) is -0.0884. The summed E-state index contributed by atoms with van der Waals surface area (Å²) in [7, 11) is 0. The second-order valence-corrected chi connectivity index (χ2v) is 9.73. The van der Waals surface area contributed by atoms with Crippen LogP contribution in [-0.2, 0) is 11.2 Å². The minimum absolute atomic E-state index is 0.112. The van der Waals surface area contributed by atoms with E-state index in [9.17, 15) is 9.59 Å². The van der Waals surface area contributed by atoms with Crippen molar-refractivity contribution in [3.63, 3.8) is 0 Å². The first-order chi connectivity index (χ1) is 17.8. The molecule has 0 bridgehead atoms. The Hall–Kier alpha value is -3.61. The highest BCUT2D eigenvalue weighted by molar-refractivity contribution is 6.42. The van der Waals surface area contributed by atoms with Gasteiger partial charge in [0.1, 0.15) is 12.4 Å². The van der Waals surface area contributed by atoms with E-state index in [4.69, 9.17) is 28.3 Å². The van der Waals surface area contributed by atoms with E-state index in [0.717, 1.165) is 17.5 Å². The van der Waals surface area contributed by atoms with Crippen LogP contribution in [-0.4, -0.2) is 39.1 Å². The van der Waals surface area contributed by atoms with Gasteiger partial charge < -0.3 is 10.2 Å². The first-order valence-corrected chi connectivity index (χ1v) is 12.8. The number of carbonyl (C=O) groups is 2. The molecule has 1 N–H and O–H groups in total. The highest BCUT2D eigenvalue weighted by atomic mass is 35.5. The van der Waals surface area contributed by atoms with Crippen LogP contribution in [0.1, 0.15) is 36.7 Å². The molecule has 8 heteroatoms. The fourth-order valence-electron chi connectivity index (χ4n) is 3.91. The smallest absolute Gasteiger partial charge is 0.254 e. The lowest BCUT2D eigenvalue weighted by Gasteiger charge is -2.26. The highest BCUT2D eigenvalue weighted by Crippen LogP contribution is 2.29. The first kappa shape index (κ1) is 26.5. The normalized spacial score (nSPS) is 11.0. The number of amides is 2. The molecular formula is C29H28Cl2N4O2. The van der Waals surface area contributed by atoms with E-state index in [2.05, 4.69) is 12.2 Å². The standard InChI is InChI=1S/C29H28Cl2N4O2/c1-4-20-10-12-22(13-11-20)29(37)34(19(2)3)18-28(36)32-27-17-26(21-8-6-5-7-9-21)33-35(27)23-14-15-24(30)25(31)16-23/h5-17,19H,4,18H2,1-3H3,(H,32,36). The van der Waals surface area contributed by atoms with Crippen LogP contribution in [0.4, 0.5) is 5.82 Å². The zero-order valence-electron chi connectivity index (χ0n) is 20.9. The monoisotopic (exact) mass is 534 g/mol. The highest BCUT2D eigenvalue weighted by Gasteiger charge is 2.23. The van der Waals surface area contributed by atoms with Gasteiger partial charge in [-0.1, -0.05) is 72.6 Å². The molecule has 1 heterocycles. The zero-order valence-corrected chi connectivity index (χ0v) is 22.4. The average molecular weight is 535 g/mol. The lowest BCUT2D eigenvalue weighted by atomic mass is 10.1. The van der Waals surface area contributed by atoms with Gasteiger partial charge in [-0.15, -0.1) is 0 Å². The molecule has 0 atom stereocenters. The van der Waals surface area contributed by atoms with E-state index in [1.54, 1.807) is 46.0 Å². The molecule has 3 aromatic carbocycles. The van der Waals surface area contributed by atoms with Crippen molar-refractivity contribution in [1.82, 2.24) is 14.7 Å². The van der Waals surface area contributed by atoms with Gasteiger partial charge in [0.2, 0.25) is 5.91 Å². The van der Waals surface area contributed by atoms with Crippen LogP contribution in [0.2, 0.25) is 10.0 Å². The van der Waals surface area contributed by atoms with Crippen LogP contribution >= 0.6 is 23.2 Å². The van der Waals surface area contributed by atoms with Crippen molar-refractivity contribution in [2.75, 3.05) is 11.9 Å². The number of aromatic nitrogens is 2. The third-order valence-electron chi connectivity index (χ3n) is 6.00. The molecule has 0 aliphatic rings. The average Bonchev–Trinajstić information content (AvgIpc) is 3.32. The van der Waals surface area contributed by atoms with Crippen molar-refractivity contribution in [3.05, 3.63) is 100 Å². The molecule has 0 aliphatic heterocycles. The van der Waals surface area contributed by atoms with Gasteiger partial charge in [0, 0.05) is 23.2 Å². The number of benzene rings is 3. The topological polar surface area (TPSA) is 67.2 Å². The van der Waals surface area contributed by atoms with Crippen LogP contribution in [0.25, 0.3) is 16.9 Å². The number of rotatable bonds is 8. The Bertz CT molecular complexity index is 1400. The van der Waals surface area contributed by atoms with Gasteiger partial charge >= 0.3 is 0 Å². The quantitative estimate of drug-likeness (QED) is 0.267. The lowest BCUT2D eigenvalue weighted by molar-refractivity contribution is -0.117. The second kappa shape index (κ2) is 11.6. The van der Waals surface area contributed by atoms with E-state index >= 15 is 0 Å². The molecule has 6 nitrogen and oxygen atoms in total. The summed E-state index contributed by atoms with van der Waals surface area (Å²) < 4.78 is 1.60. The fraction of sp³-hybridized carbons (Fsp3) is 0.207. The van der Waals surface area contributed by atoms with Gasteiger partial charge in [-0.25, -0.2) is 4.68 Å². The van der Waals surface area contributed by atoms with Crippen molar-refractivity contribution in [2.24, 2.45) is 0 Å². The summed E-state index contributed by atoms with van der Waals surface area (Å²) in [5.41, 5.74) is 3.90. The number of nitrogens with one attached hydrogen (secondary N) is 1. The van der Waals surface area contributed by atoms with Crippen molar-refractivity contribution >= 4 is 40.8 Å². The summed E-state index contributed by atoms with van der Waals surface area (Å²) in [6, 6.07) is 23.9. The molecule has 1 aromatic heterocycles. The minimum Gasteiger partial charge on any atom is -0.327 e. The molecule has 0 saturated carbocycles. The van der Waals surface area contributed by atoms with Crippen molar-refractivity contribution in [3.8, 4) is 16.9 Å². The van der Waals surface area contributed by atoms with E-state index in [1.165, 1.54) is 0 Å². The number of aryl methyl sites for hydroxylation is 1. The largest absolute Gasteiger partial charge is 0.327 e. The summed E-state index contributed by atoms with van der Waals surface area (Å²) in [6.45, 7) is 5.73. The Morgan fingerprint density at radius 2 is 1.65 bits per heavy atom. The van der Waals surface area contributed by atoms with Crippen LogP contribution in [0, 0.1) is 0 Å². The van der Waals surface area contributed by atoms with Gasteiger partial charge in [0.25, 0.3) is 5.91 Å². The lowest BCUT2D eigenvalue weighted by Crippen LogP contribution is -2.42. The van der Waals surface area contributed by atoms with Crippen molar-refractivity contribution < 1.29 is 9.59 Å². The number of carbonyl (C=O) groups excluding carboxylic acids is 2. The van der Waals surface area contributed by atoms with Gasteiger partial charge in [0.15, 0.2) is 0 Å². The number of hydrogen-bond acceptors (Lipinski definition) is 3. The van der Waals surface area contributed by atoms with E-state index in [0.29, 0.717) is 32.8 Å². The van der Waals surface area contributed by atoms with Crippen molar-refractivity contribution in [2.45, 2.75) is 33.2 Å². The summed E-state index contributed by atoms with van der Waals surface area (Å²) >= 11 is 12.4. The third kappa shape index (κ3) is 6.21. The van der Waals surface area contributed by atoms with Gasteiger partial charge in [-0.05, 0) is 56.2 Å². The number of nitrogens with zero attached hydrogens (tertiary/aromatic N) is 3. The predicted molar refractivity (Wildman–Crippen MR) is 150 cm³/mol. The van der Waals surface area contributed by atoms with E-state index < -0.39 is 0 Å². The molecule has 0 radical (unpaired) electrons. The van der Waals surface area contributed by atoms with Gasteiger partial charge in [-0.3, -0.25) is 9.59 Å². The Kier molecular flexibility index (Phi) is 8.31. The van der Waals surface area contributed by atoms with Gasteiger partial charge in [-0.2, -0.15) is 5.10 Å². The molecule has 0 fully saturated rings. The van der Waals surface area contributed by atoms with E-state index in [1.807, 2.05) is 56.3 Å². The van der Waals surface area contributed by atoms with Crippen LogP contribution in [0.15, 0.2) is 78.9 Å². The molecule has 0 unspecified atom stereocenters. The minimum atomic E-state index is -0.340. The first-order valence-electron chi connectivity index (χ1n) is 12.1. The Morgan fingerprint density at radius 1 is 0.946 bits per heavy atom. The molecule has 4 aromatic rings. The molecule has 0 saturated heterocycles. The molecular weight excluding hydrogens is 507 g/mol. The fourth-order valence-corrected chi connectivity index (χ4v) is 4.20. The van der Waals surface area contributed by atoms with Crippen LogP contribution in [0.5, 0.6) is 0 Å². The van der Waals surface area contributed by atoms with Crippen molar-refractivity contribution in [1.29, 1.82) is 0 Å². The maximum Gasteiger partial charge on any atom is 0.254 e. The second-order valence-electron chi connectivity index (χ2n) is 8.92. The molecule has 190 valence electrons. The Labute approximate surface area is 226 Å². The summed E-state index contributed by atoms with van der Waals surface area (Å²) in [6.07, 6.45) is 0.891. The summed E-state index contributed by atoms with van der Waals surface area (Å²) in [4.78, 5) is 28.0. The molecule has 0 aliphatic carbocycles. The molecule has 2 amide bonds. The number of hydrogen-bond donors (Lipinski definition) is 1. The maximum absolute atomic E-state index is 13.2. The summed E-state index contributed by atoms with van der Waals surface area (Å²) in [5, 5.41) is 8.44. The maximum atomic E-state index is 13.2. The predicted octanol–water partition coefficient (Wildman–Crippen LogP) is 6.90. The molecule has 37 heavy (non-hydrogen) atoms. The Morgan fingerprint density at radius 3 is 2.27 bits per heavy atom. The van der Waals surface area contributed by atoms with Crippen LogP contribution in [0.3, 0.4) is 0 Å². The SMILES string of the molecule is CCc1ccc(C(=O)N(CC(=O)Nc2cc(-c3ccccc3)nn2-c2ccc(Cl)c(Cl)c2)C(C)C)cc1. The Balaban J connectivity index is 1.61. The van der Waals surface area contributed by atoms with Crippen LogP contribution < -0.4 is 5.32 Å². The van der Waals surface area contributed by atoms with E-state index in [-0.39, 0.29) is 24.4 Å². The molecule has 4 rings (SSSR count). The van der Waals surface area contributed by atoms with Gasteiger partial charge in [0.05, 0.1) is 21.4 Å². The number of anilines is 1. The number of halogens is 2. The third-order valence-corrected chi connectivity index (χ3v) is 6.74. The molecule has 0 spiro atoms. The zero-order chi connectivity index (χ0) is 26.5.